The first-order chi connectivity index (χ1) is 9.01. The molecule has 0 saturated heterocycles. The van der Waals surface area contributed by atoms with Crippen LogP contribution in [0.3, 0.4) is 0 Å². The Morgan fingerprint density at radius 2 is 2.16 bits per heavy atom. The maximum Gasteiger partial charge on any atom is 0.126 e. The van der Waals surface area contributed by atoms with E-state index in [-0.39, 0.29) is 11.9 Å². The largest absolute Gasteiger partial charge is 0.312 e. The van der Waals surface area contributed by atoms with Crippen molar-refractivity contribution in [3.63, 3.8) is 0 Å². The van der Waals surface area contributed by atoms with Crippen LogP contribution in [0.25, 0.3) is 0 Å². The standard InChI is InChI=1S/C14H16BrFN2S/c1-8-14(19-9(2)18-8)13(17-3)7-10-6-11(15)4-5-12(10)16/h4-6,13,17H,7H2,1-3H3. The summed E-state index contributed by atoms with van der Waals surface area (Å²) in [5.74, 6) is -0.164. The fourth-order valence-electron chi connectivity index (χ4n) is 2.12. The van der Waals surface area contributed by atoms with Crippen LogP contribution < -0.4 is 5.32 Å². The number of nitrogens with one attached hydrogen (secondary N) is 1. The van der Waals surface area contributed by atoms with Gasteiger partial charge in [0.25, 0.3) is 0 Å². The molecule has 19 heavy (non-hydrogen) atoms. The third-order valence-electron chi connectivity index (χ3n) is 3.04. The molecule has 0 aliphatic carbocycles. The van der Waals surface area contributed by atoms with Crippen LogP contribution in [0.1, 0.15) is 27.2 Å². The molecule has 5 heteroatoms. The highest BCUT2D eigenvalue weighted by Gasteiger charge is 2.18. The number of aromatic nitrogens is 1. The van der Waals surface area contributed by atoms with Gasteiger partial charge in [-0.15, -0.1) is 11.3 Å². The lowest BCUT2D eigenvalue weighted by Gasteiger charge is -2.16. The maximum absolute atomic E-state index is 13.8. The zero-order valence-corrected chi connectivity index (χ0v) is 13.5. The average Bonchev–Trinajstić information content (AvgIpc) is 2.69. The predicted octanol–water partition coefficient (Wildman–Crippen LogP) is 4.16. The molecule has 0 spiro atoms. The van der Waals surface area contributed by atoms with Crippen LogP contribution in [-0.2, 0) is 6.42 Å². The number of aryl methyl sites for hydroxylation is 2. The van der Waals surface area contributed by atoms with Crippen LogP contribution in [0, 0.1) is 19.7 Å². The van der Waals surface area contributed by atoms with Gasteiger partial charge in [-0.25, -0.2) is 9.37 Å². The van der Waals surface area contributed by atoms with Gasteiger partial charge in [0.05, 0.1) is 10.7 Å². The summed E-state index contributed by atoms with van der Waals surface area (Å²) in [6.07, 6.45) is 0.615. The summed E-state index contributed by atoms with van der Waals surface area (Å²) in [5.41, 5.74) is 1.73. The number of likely N-dealkylation sites (N-methyl/N-ethyl adjacent to an activating group) is 1. The first kappa shape index (κ1) is 14.6. The van der Waals surface area contributed by atoms with Gasteiger partial charge in [0.15, 0.2) is 0 Å². The molecule has 0 amide bonds. The first-order valence-corrected chi connectivity index (χ1v) is 7.67. The minimum absolute atomic E-state index is 0.0926. The Morgan fingerprint density at radius 3 is 2.74 bits per heavy atom. The molecule has 0 aliphatic rings. The molecule has 1 aromatic heterocycles. The van der Waals surface area contributed by atoms with Gasteiger partial charge >= 0.3 is 0 Å². The Morgan fingerprint density at radius 1 is 1.42 bits per heavy atom. The van der Waals surface area contributed by atoms with Gasteiger partial charge in [-0.05, 0) is 51.1 Å². The molecular formula is C14H16BrFN2S. The Labute approximate surface area is 125 Å². The minimum Gasteiger partial charge on any atom is -0.312 e. The van der Waals surface area contributed by atoms with Gasteiger partial charge in [0.2, 0.25) is 0 Å². The summed E-state index contributed by atoms with van der Waals surface area (Å²) >= 11 is 5.05. The van der Waals surface area contributed by atoms with Gasteiger partial charge in [-0.1, -0.05) is 15.9 Å². The van der Waals surface area contributed by atoms with Crippen molar-refractivity contribution in [2.75, 3.05) is 7.05 Å². The van der Waals surface area contributed by atoms with E-state index in [1.165, 1.54) is 10.9 Å². The molecule has 2 aromatic rings. The molecule has 0 saturated carbocycles. The van der Waals surface area contributed by atoms with Crippen molar-refractivity contribution in [3.8, 4) is 0 Å². The SMILES string of the molecule is CNC(Cc1cc(Br)ccc1F)c1sc(C)nc1C. The molecular weight excluding hydrogens is 327 g/mol. The summed E-state index contributed by atoms with van der Waals surface area (Å²) in [6, 6.07) is 5.14. The number of benzene rings is 1. The lowest BCUT2D eigenvalue weighted by Crippen LogP contribution is -2.19. The van der Waals surface area contributed by atoms with Crippen molar-refractivity contribution in [2.45, 2.75) is 26.3 Å². The number of hydrogen-bond acceptors (Lipinski definition) is 3. The molecule has 1 aromatic carbocycles. The van der Waals surface area contributed by atoms with E-state index in [0.717, 1.165) is 15.2 Å². The normalized spacial score (nSPS) is 12.7. The fourth-order valence-corrected chi connectivity index (χ4v) is 3.56. The van der Waals surface area contributed by atoms with Crippen molar-refractivity contribution < 1.29 is 4.39 Å². The molecule has 0 fully saturated rings. The number of halogens is 2. The quantitative estimate of drug-likeness (QED) is 0.902. The lowest BCUT2D eigenvalue weighted by molar-refractivity contribution is 0.557. The second-order valence-corrected chi connectivity index (χ2v) is 6.61. The second-order valence-electron chi connectivity index (χ2n) is 4.46. The summed E-state index contributed by atoms with van der Waals surface area (Å²) in [6.45, 7) is 3.99. The number of rotatable bonds is 4. The van der Waals surface area contributed by atoms with E-state index in [2.05, 4.69) is 26.2 Å². The molecule has 1 heterocycles. The third kappa shape index (κ3) is 3.41. The number of thiazole rings is 1. The molecule has 2 rings (SSSR count). The average molecular weight is 343 g/mol. The summed E-state index contributed by atoms with van der Waals surface area (Å²) < 4.78 is 14.7. The Bertz CT molecular complexity index is 583. The summed E-state index contributed by atoms with van der Waals surface area (Å²) in [7, 11) is 1.90. The van der Waals surface area contributed by atoms with Crippen LogP contribution in [0.15, 0.2) is 22.7 Å². The molecule has 1 unspecified atom stereocenters. The maximum atomic E-state index is 13.8. The first-order valence-electron chi connectivity index (χ1n) is 6.06. The molecule has 0 aliphatic heterocycles. The van der Waals surface area contributed by atoms with Crippen molar-refractivity contribution in [1.82, 2.24) is 10.3 Å². The van der Waals surface area contributed by atoms with Crippen LogP contribution in [-0.4, -0.2) is 12.0 Å². The van der Waals surface area contributed by atoms with E-state index >= 15 is 0 Å². The van der Waals surface area contributed by atoms with Crippen LogP contribution in [0.4, 0.5) is 4.39 Å². The van der Waals surface area contributed by atoms with Crippen molar-refractivity contribution in [2.24, 2.45) is 0 Å². The van der Waals surface area contributed by atoms with E-state index in [4.69, 9.17) is 0 Å². The molecule has 0 radical (unpaired) electrons. The Balaban J connectivity index is 2.29. The van der Waals surface area contributed by atoms with Crippen LogP contribution >= 0.6 is 27.3 Å². The number of hydrogen-bond donors (Lipinski definition) is 1. The topological polar surface area (TPSA) is 24.9 Å². The highest BCUT2D eigenvalue weighted by atomic mass is 79.9. The van der Waals surface area contributed by atoms with E-state index in [9.17, 15) is 4.39 Å². The van der Waals surface area contributed by atoms with Crippen LogP contribution in [0.2, 0.25) is 0 Å². The lowest BCUT2D eigenvalue weighted by atomic mass is 10.0. The van der Waals surface area contributed by atoms with Gasteiger partial charge in [-0.3, -0.25) is 0 Å². The third-order valence-corrected chi connectivity index (χ3v) is 4.72. The van der Waals surface area contributed by atoms with Crippen molar-refractivity contribution in [3.05, 3.63) is 49.6 Å². The minimum atomic E-state index is -0.164. The van der Waals surface area contributed by atoms with E-state index < -0.39 is 0 Å². The highest BCUT2D eigenvalue weighted by Crippen LogP contribution is 2.28. The summed E-state index contributed by atoms with van der Waals surface area (Å²) in [4.78, 5) is 5.62. The monoisotopic (exact) mass is 342 g/mol. The number of nitrogens with zero attached hydrogens (tertiary/aromatic N) is 1. The van der Waals surface area contributed by atoms with Gasteiger partial charge in [-0.2, -0.15) is 0 Å². The highest BCUT2D eigenvalue weighted by molar-refractivity contribution is 9.10. The molecule has 0 bridgehead atoms. The van der Waals surface area contributed by atoms with Gasteiger partial charge < -0.3 is 5.32 Å². The van der Waals surface area contributed by atoms with E-state index in [0.29, 0.717) is 12.0 Å². The van der Waals surface area contributed by atoms with E-state index in [1.807, 2.05) is 27.0 Å². The van der Waals surface area contributed by atoms with Crippen molar-refractivity contribution >= 4 is 27.3 Å². The molecule has 1 N–H and O–H groups in total. The van der Waals surface area contributed by atoms with Gasteiger partial charge in [0, 0.05) is 15.4 Å². The van der Waals surface area contributed by atoms with Crippen LogP contribution in [0.5, 0.6) is 0 Å². The molecule has 102 valence electrons. The molecule has 2 nitrogen and oxygen atoms in total. The van der Waals surface area contributed by atoms with Crippen molar-refractivity contribution in [1.29, 1.82) is 0 Å². The zero-order valence-electron chi connectivity index (χ0n) is 11.1. The Hall–Kier alpha value is -0.780. The smallest absolute Gasteiger partial charge is 0.126 e. The Kier molecular flexibility index (Phi) is 4.71. The predicted molar refractivity (Wildman–Crippen MR) is 81.2 cm³/mol. The van der Waals surface area contributed by atoms with Gasteiger partial charge in [0.1, 0.15) is 5.82 Å². The second kappa shape index (κ2) is 6.11. The molecule has 1 atom stereocenters. The van der Waals surface area contributed by atoms with E-state index in [1.54, 1.807) is 17.4 Å². The zero-order chi connectivity index (χ0) is 14.0. The fraction of sp³-hybridized carbons (Fsp3) is 0.357. The summed E-state index contributed by atoms with van der Waals surface area (Å²) in [5, 5.41) is 4.30.